The largest absolute Gasteiger partial charge is 0.378 e. The molecular formula is C19H18N6OS. The standard InChI is InChI=1S/C19H18N6OS/c1-3-15(25-6-8-26-9-7-25)4-2-14(1)21-19-17-16(11-20-24-17)22-18(23-19)13-5-10-27-12-13/h1-5,10-12H,6-9H2,(H,20,24)(H,21,22,23). The van der Waals surface area contributed by atoms with Gasteiger partial charge in [-0.3, -0.25) is 5.10 Å². The summed E-state index contributed by atoms with van der Waals surface area (Å²) in [6.45, 7) is 3.42. The summed E-state index contributed by atoms with van der Waals surface area (Å²) in [5.74, 6) is 1.41. The van der Waals surface area contributed by atoms with Crippen LogP contribution in [0.3, 0.4) is 0 Å². The third kappa shape index (κ3) is 3.24. The van der Waals surface area contributed by atoms with Crippen molar-refractivity contribution in [2.24, 2.45) is 0 Å². The van der Waals surface area contributed by atoms with E-state index in [1.54, 1.807) is 17.5 Å². The van der Waals surface area contributed by atoms with Crippen molar-refractivity contribution in [2.45, 2.75) is 0 Å². The van der Waals surface area contributed by atoms with Gasteiger partial charge in [0.1, 0.15) is 11.0 Å². The molecule has 0 saturated carbocycles. The third-order valence-corrected chi connectivity index (χ3v) is 5.27. The molecule has 2 N–H and O–H groups in total. The number of rotatable bonds is 4. The van der Waals surface area contributed by atoms with Gasteiger partial charge in [-0.1, -0.05) is 0 Å². The molecule has 0 aliphatic carbocycles. The average molecular weight is 378 g/mol. The lowest BCUT2D eigenvalue weighted by atomic mass is 10.2. The molecule has 27 heavy (non-hydrogen) atoms. The number of hydrogen-bond acceptors (Lipinski definition) is 7. The Balaban J connectivity index is 1.44. The summed E-state index contributed by atoms with van der Waals surface area (Å²) in [5, 5.41) is 14.6. The van der Waals surface area contributed by atoms with E-state index < -0.39 is 0 Å². The number of nitrogens with zero attached hydrogens (tertiary/aromatic N) is 4. The molecule has 7 nitrogen and oxygen atoms in total. The average Bonchev–Trinajstić information content (AvgIpc) is 3.41. The van der Waals surface area contributed by atoms with Gasteiger partial charge in [0.05, 0.1) is 19.4 Å². The highest BCUT2D eigenvalue weighted by Crippen LogP contribution is 2.28. The number of anilines is 3. The first kappa shape index (κ1) is 16.2. The van der Waals surface area contributed by atoms with Crippen molar-refractivity contribution in [3.63, 3.8) is 0 Å². The van der Waals surface area contributed by atoms with Crippen LogP contribution in [0.25, 0.3) is 22.4 Å². The number of aromatic amines is 1. The fraction of sp³-hybridized carbons (Fsp3) is 0.211. The molecular weight excluding hydrogens is 360 g/mol. The molecule has 1 aliphatic rings. The molecule has 1 aliphatic heterocycles. The van der Waals surface area contributed by atoms with Gasteiger partial charge in [0.25, 0.3) is 0 Å². The number of fused-ring (bicyclic) bond motifs is 1. The maximum atomic E-state index is 5.42. The second-order valence-electron chi connectivity index (χ2n) is 6.31. The lowest BCUT2D eigenvalue weighted by molar-refractivity contribution is 0.122. The summed E-state index contributed by atoms with van der Waals surface area (Å²) in [6.07, 6.45) is 1.72. The molecule has 4 heterocycles. The number of morpholine rings is 1. The van der Waals surface area contributed by atoms with Crippen molar-refractivity contribution >= 4 is 39.6 Å². The van der Waals surface area contributed by atoms with Gasteiger partial charge >= 0.3 is 0 Å². The van der Waals surface area contributed by atoms with Crippen molar-refractivity contribution in [3.8, 4) is 11.4 Å². The van der Waals surface area contributed by atoms with Crippen LogP contribution in [0, 0.1) is 0 Å². The van der Waals surface area contributed by atoms with Gasteiger partial charge in [-0.2, -0.15) is 16.4 Å². The van der Waals surface area contributed by atoms with E-state index >= 15 is 0 Å². The van der Waals surface area contributed by atoms with Crippen LogP contribution in [-0.2, 0) is 4.74 Å². The van der Waals surface area contributed by atoms with Gasteiger partial charge in [0.2, 0.25) is 0 Å². The number of nitrogens with one attached hydrogen (secondary N) is 2. The molecule has 0 bridgehead atoms. The van der Waals surface area contributed by atoms with Crippen LogP contribution in [-0.4, -0.2) is 46.5 Å². The van der Waals surface area contributed by atoms with Crippen LogP contribution < -0.4 is 10.2 Å². The van der Waals surface area contributed by atoms with Crippen molar-refractivity contribution in [2.75, 3.05) is 36.5 Å². The first-order valence-electron chi connectivity index (χ1n) is 8.80. The van der Waals surface area contributed by atoms with Crippen LogP contribution >= 0.6 is 11.3 Å². The molecule has 136 valence electrons. The Morgan fingerprint density at radius 2 is 1.93 bits per heavy atom. The number of H-pyrrole nitrogens is 1. The van der Waals surface area contributed by atoms with Gasteiger partial charge < -0.3 is 15.0 Å². The molecule has 5 rings (SSSR count). The number of benzene rings is 1. The smallest absolute Gasteiger partial charge is 0.163 e. The highest BCUT2D eigenvalue weighted by atomic mass is 32.1. The van der Waals surface area contributed by atoms with Crippen molar-refractivity contribution in [3.05, 3.63) is 47.3 Å². The predicted octanol–water partition coefficient (Wildman–Crippen LogP) is 3.66. The van der Waals surface area contributed by atoms with Crippen LogP contribution in [0.5, 0.6) is 0 Å². The van der Waals surface area contributed by atoms with E-state index in [0.717, 1.165) is 54.4 Å². The van der Waals surface area contributed by atoms with Crippen LogP contribution in [0.15, 0.2) is 47.3 Å². The van der Waals surface area contributed by atoms with E-state index in [1.807, 2.05) is 16.8 Å². The van der Waals surface area contributed by atoms with Crippen LogP contribution in [0.2, 0.25) is 0 Å². The zero-order valence-corrected chi connectivity index (χ0v) is 15.4. The van der Waals surface area contributed by atoms with Crippen LogP contribution in [0.4, 0.5) is 17.2 Å². The quantitative estimate of drug-likeness (QED) is 0.564. The molecule has 4 aromatic rings. The summed E-state index contributed by atoms with van der Waals surface area (Å²) < 4.78 is 5.42. The van der Waals surface area contributed by atoms with Gasteiger partial charge in [-0.25, -0.2) is 9.97 Å². The van der Waals surface area contributed by atoms with Crippen molar-refractivity contribution in [1.82, 2.24) is 20.2 Å². The number of ether oxygens (including phenoxy) is 1. The molecule has 0 atom stereocenters. The van der Waals surface area contributed by atoms with Gasteiger partial charge in [-0.15, -0.1) is 0 Å². The summed E-state index contributed by atoms with van der Waals surface area (Å²) in [5.41, 5.74) is 4.77. The molecule has 0 amide bonds. The van der Waals surface area contributed by atoms with Gasteiger partial charge in [0.15, 0.2) is 11.6 Å². The fourth-order valence-corrected chi connectivity index (χ4v) is 3.80. The van der Waals surface area contributed by atoms with E-state index in [-0.39, 0.29) is 0 Å². The lowest BCUT2D eigenvalue weighted by Gasteiger charge is -2.28. The summed E-state index contributed by atoms with van der Waals surface area (Å²) >= 11 is 1.63. The number of hydrogen-bond donors (Lipinski definition) is 2. The zero-order chi connectivity index (χ0) is 18.1. The summed E-state index contributed by atoms with van der Waals surface area (Å²) in [4.78, 5) is 11.6. The Hall–Kier alpha value is -2.97. The highest BCUT2D eigenvalue weighted by molar-refractivity contribution is 7.08. The topological polar surface area (TPSA) is 79.0 Å². The molecule has 1 fully saturated rings. The molecule has 1 saturated heterocycles. The molecule has 8 heteroatoms. The molecule has 0 spiro atoms. The third-order valence-electron chi connectivity index (χ3n) is 4.59. The van der Waals surface area contributed by atoms with Crippen LogP contribution in [0.1, 0.15) is 0 Å². The lowest BCUT2D eigenvalue weighted by Crippen LogP contribution is -2.36. The Kier molecular flexibility index (Phi) is 4.19. The molecule has 3 aromatic heterocycles. The van der Waals surface area contributed by atoms with Gasteiger partial charge in [-0.05, 0) is 35.7 Å². The Morgan fingerprint density at radius 3 is 2.70 bits per heavy atom. The summed E-state index contributed by atoms with van der Waals surface area (Å²) in [7, 11) is 0. The number of aromatic nitrogens is 4. The maximum Gasteiger partial charge on any atom is 0.163 e. The number of thiophene rings is 1. The van der Waals surface area contributed by atoms with E-state index in [2.05, 4.69) is 49.7 Å². The first-order valence-corrected chi connectivity index (χ1v) is 9.74. The minimum absolute atomic E-state index is 0.692. The Morgan fingerprint density at radius 1 is 1.07 bits per heavy atom. The second-order valence-corrected chi connectivity index (χ2v) is 7.09. The fourth-order valence-electron chi connectivity index (χ4n) is 3.16. The van der Waals surface area contributed by atoms with E-state index in [1.165, 1.54) is 5.69 Å². The molecule has 1 aromatic carbocycles. The zero-order valence-electron chi connectivity index (χ0n) is 14.6. The van der Waals surface area contributed by atoms with E-state index in [4.69, 9.17) is 9.72 Å². The SMILES string of the molecule is c1cc(-c2nc(Nc3ccc(N4CCOCC4)cc3)c3[nH]ncc3n2)cs1. The molecule has 0 radical (unpaired) electrons. The van der Waals surface area contributed by atoms with E-state index in [9.17, 15) is 0 Å². The Bertz CT molecular complexity index is 1040. The normalized spacial score (nSPS) is 14.6. The van der Waals surface area contributed by atoms with E-state index in [0.29, 0.717) is 5.82 Å². The first-order chi connectivity index (χ1) is 13.4. The summed E-state index contributed by atoms with van der Waals surface area (Å²) in [6, 6.07) is 10.4. The second kappa shape index (κ2) is 6.98. The predicted molar refractivity (Wildman–Crippen MR) is 108 cm³/mol. The maximum absolute atomic E-state index is 5.42. The minimum Gasteiger partial charge on any atom is -0.378 e. The Labute approximate surface area is 160 Å². The monoisotopic (exact) mass is 378 g/mol. The van der Waals surface area contributed by atoms with Gasteiger partial charge in [0, 0.05) is 35.4 Å². The highest BCUT2D eigenvalue weighted by Gasteiger charge is 2.13. The van der Waals surface area contributed by atoms with Crippen molar-refractivity contribution in [1.29, 1.82) is 0 Å². The molecule has 0 unspecified atom stereocenters. The minimum atomic E-state index is 0.692. The van der Waals surface area contributed by atoms with Crippen molar-refractivity contribution < 1.29 is 4.74 Å².